The number of hydrogen-bond acceptors (Lipinski definition) is 3. The average Bonchev–Trinajstić information content (AvgIpc) is 2.35. The highest BCUT2D eigenvalue weighted by atomic mass is 32.2. The Bertz CT molecular complexity index is 337. The van der Waals surface area contributed by atoms with Gasteiger partial charge in [0.25, 0.3) is 10.2 Å². The fourth-order valence-corrected chi connectivity index (χ4v) is 3.20. The molecule has 0 aromatic heterocycles. The molecule has 6 heteroatoms. The molecule has 108 valence electrons. The SMILES string of the molecule is CCCCN(C)S(=O)(=O)NCC1(C)CCNCC1. The smallest absolute Gasteiger partial charge is 0.279 e. The van der Waals surface area contributed by atoms with Crippen LogP contribution in [0.5, 0.6) is 0 Å². The normalized spacial score (nSPS) is 20.2. The summed E-state index contributed by atoms with van der Waals surface area (Å²) >= 11 is 0. The van der Waals surface area contributed by atoms with Gasteiger partial charge >= 0.3 is 0 Å². The molecule has 0 amide bonds. The van der Waals surface area contributed by atoms with E-state index < -0.39 is 10.2 Å². The van der Waals surface area contributed by atoms with E-state index in [1.807, 2.05) is 0 Å². The Balaban J connectivity index is 2.45. The molecule has 1 aliphatic rings. The lowest BCUT2D eigenvalue weighted by Crippen LogP contribution is -2.46. The monoisotopic (exact) mass is 277 g/mol. The Labute approximate surface area is 112 Å². The van der Waals surface area contributed by atoms with Crippen LogP contribution in [0.2, 0.25) is 0 Å². The van der Waals surface area contributed by atoms with E-state index in [2.05, 4.69) is 23.9 Å². The summed E-state index contributed by atoms with van der Waals surface area (Å²) < 4.78 is 28.2. The Morgan fingerprint density at radius 1 is 1.33 bits per heavy atom. The molecule has 2 N–H and O–H groups in total. The number of nitrogens with one attached hydrogen (secondary N) is 2. The lowest BCUT2D eigenvalue weighted by Gasteiger charge is -2.34. The molecule has 1 aliphatic heterocycles. The summed E-state index contributed by atoms with van der Waals surface area (Å²) in [6, 6.07) is 0. The lowest BCUT2D eigenvalue weighted by molar-refractivity contribution is 0.230. The van der Waals surface area contributed by atoms with Gasteiger partial charge in [0.05, 0.1) is 0 Å². The lowest BCUT2D eigenvalue weighted by atomic mass is 9.81. The Hall–Kier alpha value is -0.170. The summed E-state index contributed by atoms with van der Waals surface area (Å²) in [5, 5.41) is 3.30. The van der Waals surface area contributed by atoms with Crippen LogP contribution >= 0.6 is 0 Å². The van der Waals surface area contributed by atoms with E-state index in [-0.39, 0.29) is 5.41 Å². The number of unbranched alkanes of at least 4 members (excludes halogenated alkanes) is 1. The van der Waals surface area contributed by atoms with Crippen molar-refractivity contribution in [1.29, 1.82) is 0 Å². The second-order valence-corrected chi connectivity index (χ2v) is 7.42. The summed E-state index contributed by atoms with van der Waals surface area (Å²) in [5.74, 6) is 0. The molecular formula is C12H27N3O2S. The number of rotatable bonds is 7. The molecule has 0 bridgehead atoms. The maximum Gasteiger partial charge on any atom is 0.279 e. The molecule has 1 heterocycles. The van der Waals surface area contributed by atoms with Gasteiger partial charge in [0.2, 0.25) is 0 Å². The van der Waals surface area contributed by atoms with Crippen molar-refractivity contribution < 1.29 is 8.42 Å². The zero-order valence-electron chi connectivity index (χ0n) is 11.8. The van der Waals surface area contributed by atoms with Crippen molar-refractivity contribution >= 4 is 10.2 Å². The quantitative estimate of drug-likeness (QED) is 0.728. The summed E-state index contributed by atoms with van der Waals surface area (Å²) in [6.45, 7) is 7.29. The molecular weight excluding hydrogens is 250 g/mol. The van der Waals surface area contributed by atoms with Gasteiger partial charge in [-0.2, -0.15) is 12.7 Å². The van der Waals surface area contributed by atoms with E-state index >= 15 is 0 Å². The molecule has 1 saturated heterocycles. The van der Waals surface area contributed by atoms with E-state index in [0.717, 1.165) is 38.8 Å². The molecule has 0 unspecified atom stereocenters. The second-order valence-electron chi connectivity index (χ2n) is 5.56. The van der Waals surface area contributed by atoms with Crippen molar-refractivity contribution in [3.05, 3.63) is 0 Å². The molecule has 0 aromatic carbocycles. The highest BCUT2D eigenvalue weighted by molar-refractivity contribution is 7.87. The van der Waals surface area contributed by atoms with Crippen LogP contribution in [0.1, 0.15) is 39.5 Å². The Morgan fingerprint density at radius 2 is 1.94 bits per heavy atom. The van der Waals surface area contributed by atoms with Crippen LogP contribution in [0.3, 0.4) is 0 Å². The van der Waals surface area contributed by atoms with Crippen LogP contribution < -0.4 is 10.0 Å². The Kier molecular flexibility index (Phi) is 6.04. The largest absolute Gasteiger partial charge is 0.317 e. The Morgan fingerprint density at radius 3 is 2.50 bits per heavy atom. The van der Waals surface area contributed by atoms with Crippen LogP contribution in [0.25, 0.3) is 0 Å². The van der Waals surface area contributed by atoms with Crippen LogP contribution in [-0.2, 0) is 10.2 Å². The predicted molar refractivity (Wildman–Crippen MR) is 74.7 cm³/mol. The maximum absolute atomic E-state index is 12.0. The first-order chi connectivity index (χ1) is 8.40. The van der Waals surface area contributed by atoms with Gasteiger partial charge in [-0.25, -0.2) is 4.72 Å². The molecule has 1 fully saturated rings. The molecule has 0 spiro atoms. The average molecular weight is 277 g/mol. The van der Waals surface area contributed by atoms with Crippen LogP contribution in [0.4, 0.5) is 0 Å². The first kappa shape index (κ1) is 15.9. The van der Waals surface area contributed by atoms with E-state index in [1.54, 1.807) is 7.05 Å². The van der Waals surface area contributed by atoms with Gasteiger partial charge in [0, 0.05) is 20.1 Å². The molecule has 1 rings (SSSR count). The fraction of sp³-hybridized carbons (Fsp3) is 1.00. The van der Waals surface area contributed by atoms with Gasteiger partial charge in [-0.05, 0) is 37.8 Å². The minimum Gasteiger partial charge on any atom is -0.317 e. The van der Waals surface area contributed by atoms with Crippen LogP contribution in [0, 0.1) is 5.41 Å². The van der Waals surface area contributed by atoms with E-state index in [1.165, 1.54) is 4.31 Å². The summed E-state index contributed by atoms with van der Waals surface area (Å²) in [5.41, 5.74) is 0.0872. The number of hydrogen-bond donors (Lipinski definition) is 2. The van der Waals surface area contributed by atoms with Crippen LogP contribution in [-0.4, -0.2) is 45.9 Å². The van der Waals surface area contributed by atoms with Gasteiger partial charge in [0.15, 0.2) is 0 Å². The highest BCUT2D eigenvalue weighted by Gasteiger charge is 2.29. The third kappa shape index (κ3) is 4.84. The van der Waals surface area contributed by atoms with E-state index in [4.69, 9.17) is 0 Å². The fourth-order valence-electron chi connectivity index (χ4n) is 2.08. The van der Waals surface area contributed by atoms with Crippen molar-refractivity contribution in [3.63, 3.8) is 0 Å². The maximum atomic E-state index is 12.0. The van der Waals surface area contributed by atoms with E-state index in [0.29, 0.717) is 13.1 Å². The molecule has 0 aromatic rings. The highest BCUT2D eigenvalue weighted by Crippen LogP contribution is 2.26. The first-order valence-electron chi connectivity index (χ1n) is 6.81. The number of piperidine rings is 1. The predicted octanol–water partition coefficient (Wildman–Crippen LogP) is 0.942. The van der Waals surface area contributed by atoms with Gasteiger partial charge < -0.3 is 5.32 Å². The molecule has 0 atom stereocenters. The second kappa shape index (κ2) is 6.84. The molecule has 0 aliphatic carbocycles. The summed E-state index contributed by atoms with van der Waals surface area (Å²) in [6.07, 6.45) is 3.95. The van der Waals surface area contributed by atoms with Gasteiger partial charge in [-0.1, -0.05) is 20.3 Å². The van der Waals surface area contributed by atoms with Gasteiger partial charge in [-0.15, -0.1) is 0 Å². The molecule has 0 saturated carbocycles. The van der Waals surface area contributed by atoms with Crippen molar-refractivity contribution in [2.24, 2.45) is 5.41 Å². The van der Waals surface area contributed by atoms with E-state index in [9.17, 15) is 8.42 Å². The summed E-state index contributed by atoms with van der Waals surface area (Å²) in [7, 11) is -1.67. The minimum atomic E-state index is -3.31. The van der Waals surface area contributed by atoms with Crippen molar-refractivity contribution in [2.75, 3.05) is 33.2 Å². The minimum absolute atomic E-state index is 0.0872. The standard InChI is InChI=1S/C12H27N3O2S/c1-4-5-10-15(3)18(16,17)14-11-12(2)6-8-13-9-7-12/h13-14H,4-11H2,1-3H3. The topological polar surface area (TPSA) is 61.4 Å². The van der Waals surface area contributed by atoms with Crippen molar-refractivity contribution in [1.82, 2.24) is 14.3 Å². The molecule has 5 nitrogen and oxygen atoms in total. The molecule has 0 radical (unpaired) electrons. The third-order valence-electron chi connectivity index (χ3n) is 3.73. The van der Waals surface area contributed by atoms with Crippen molar-refractivity contribution in [2.45, 2.75) is 39.5 Å². The summed E-state index contributed by atoms with van der Waals surface area (Å²) in [4.78, 5) is 0. The van der Waals surface area contributed by atoms with Crippen molar-refractivity contribution in [3.8, 4) is 0 Å². The van der Waals surface area contributed by atoms with Crippen LogP contribution in [0.15, 0.2) is 0 Å². The zero-order chi connectivity index (χ0) is 13.6. The third-order valence-corrected chi connectivity index (χ3v) is 5.24. The van der Waals surface area contributed by atoms with Gasteiger partial charge in [0.1, 0.15) is 0 Å². The molecule has 18 heavy (non-hydrogen) atoms. The number of nitrogens with zero attached hydrogens (tertiary/aromatic N) is 1. The van der Waals surface area contributed by atoms with Gasteiger partial charge in [-0.3, -0.25) is 0 Å². The first-order valence-corrected chi connectivity index (χ1v) is 8.25. The zero-order valence-corrected chi connectivity index (χ0v) is 12.6.